The Kier molecular flexibility index (Phi) is 6.42. The number of amides is 1. The van der Waals surface area contributed by atoms with Crippen molar-refractivity contribution in [2.45, 2.75) is 13.0 Å². The molecule has 0 saturated carbocycles. The predicted octanol–water partition coefficient (Wildman–Crippen LogP) is 5.07. The molecule has 0 bridgehead atoms. The highest BCUT2D eigenvalue weighted by Crippen LogP contribution is 2.32. The van der Waals surface area contributed by atoms with Gasteiger partial charge in [-0.25, -0.2) is 0 Å². The van der Waals surface area contributed by atoms with Gasteiger partial charge in [0.05, 0.1) is 11.6 Å². The maximum absolute atomic E-state index is 13.2. The lowest BCUT2D eigenvalue weighted by Gasteiger charge is -2.28. The monoisotopic (exact) mass is 448 g/mol. The van der Waals surface area contributed by atoms with Crippen molar-refractivity contribution in [3.63, 3.8) is 0 Å². The van der Waals surface area contributed by atoms with Crippen LogP contribution in [0.4, 0.5) is 11.4 Å². The van der Waals surface area contributed by atoms with Gasteiger partial charge < -0.3 is 9.80 Å². The summed E-state index contributed by atoms with van der Waals surface area (Å²) in [5, 5.41) is 8.98. The van der Waals surface area contributed by atoms with Gasteiger partial charge in [0.25, 0.3) is 5.91 Å². The molecule has 2 aliphatic heterocycles. The Morgan fingerprint density at radius 2 is 1.68 bits per heavy atom. The Bertz CT molecular complexity index is 1220. The van der Waals surface area contributed by atoms with Gasteiger partial charge in [0.2, 0.25) is 0 Å². The lowest BCUT2D eigenvalue weighted by molar-refractivity contribution is 0.0761. The van der Waals surface area contributed by atoms with E-state index in [1.807, 2.05) is 41.3 Å². The molecule has 3 aromatic carbocycles. The number of rotatable bonds is 4. The van der Waals surface area contributed by atoms with Gasteiger partial charge in [-0.05, 0) is 60.0 Å². The summed E-state index contributed by atoms with van der Waals surface area (Å²) in [5.41, 5.74) is 6.12. The number of nitriles is 1. The number of hydrogen-bond acceptors (Lipinski definition) is 4. The third-order valence-corrected chi connectivity index (χ3v) is 6.60. The van der Waals surface area contributed by atoms with Crippen molar-refractivity contribution in [3.05, 3.63) is 101 Å². The number of nitrogens with zero attached hydrogens (tertiary/aromatic N) is 4. The first-order valence-electron chi connectivity index (χ1n) is 11.8. The second kappa shape index (κ2) is 9.94. The van der Waals surface area contributed by atoms with Crippen LogP contribution < -0.4 is 4.90 Å². The second-order valence-electron chi connectivity index (χ2n) is 8.85. The third-order valence-electron chi connectivity index (χ3n) is 6.60. The SMILES string of the molecule is N#Cc1ccc(CN2CCCN(C(=O)c3ccc(N4CC=Cc5ccccc54)cc3)CC2)cc1. The van der Waals surface area contributed by atoms with E-state index in [1.165, 1.54) is 16.8 Å². The highest BCUT2D eigenvalue weighted by Gasteiger charge is 2.21. The topological polar surface area (TPSA) is 50.6 Å². The van der Waals surface area contributed by atoms with Crippen LogP contribution in [0.2, 0.25) is 0 Å². The van der Waals surface area contributed by atoms with E-state index in [9.17, 15) is 4.79 Å². The van der Waals surface area contributed by atoms with Crippen molar-refractivity contribution < 1.29 is 4.79 Å². The van der Waals surface area contributed by atoms with Gasteiger partial charge in [0.1, 0.15) is 0 Å². The molecule has 34 heavy (non-hydrogen) atoms. The highest BCUT2D eigenvalue weighted by atomic mass is 16.2. The Balaban J connectivity index is 1.22. The number of para-hydroxylation sites is 1. The van der Waals surface area contributed by atoms with Gasteiger partial charge in [0, 0.05) is 56.2 Å². The Morgan fingerprint density at radius 3 is 2.47 bits per heavy atom. The van der Waals surface area contributed by atoms with E-state index < -0.39 is 0 Å². The Hall–Kier alpha value is -3.88. The fourth-order valence-corrected chi connectivity index (χ4v) is 4.74. The van der Waals surface area contributed by atoms with Gasteiger partial charge in [-0.15, -0.1) is 0 Å². The van der Waals surface area contributed by atoms with E-state index in [4.69, 9.17) is 5.26 Å². The first-order valence-corrected chi connectivity index (χ1v) is 11.8. The summed E-state index contributed by atoms with van der Waals surface area (Å²) < 4.78 is 0. The van der Waals surface area contributed by atoms with E-state index >= 15 is 0 Å². The summed E-state index contributed by atoms with van der Waals surface area (Å²) in [7, 11) is 0. The highest BCUT2D eigenvalue weighted by molar-refractivity contribution is 5.94. The van der Waals surface area contributed by atoms with E-state index in [0.717, 1.165) is 56.9 Å². The van der Waals surface area contributed by atoms with Gasteiger partial charge in [-0.1, -0.05) is 42.5 Å². The summed E-state index contributed by atoms with van der Waals surface area (Å²) >= 11 is 0. The average Bonchev–Trinajstić information content (AvgIpc) is 3.14. The smallest absolute Gasteiger partial charge is 0.253 e. The molecule has 0 unspecified atom stereocenters. The molecule has 1 amide bonds. The number of hydrogen-bond donors (Lipinski definition) is 0. The number of carbonyl (C=O) groups is 1. The molecule has 2 heterocycles. The maximum Gasteiger partial charge on any atom is 0.253 e. The summed E-state index contributed by atoms with van der Waals surface area (Å²) in [6.07, 6.45) is 5.28. The Labute approximate surface area is 201 Å². The molecule has 3 aromatic rings. The largest absolute Gasteiger partial charge is 0.337 e. The standard InChI is InChI=1S/C29H28N4O/c30-21-23-8-10-24(11-9-23)22-31-16-4-17-32(20-19-31)29(34)26-12-14-27(15-13-26)33-18-3-6-25-5-1-2-7-28(25)33/h1-3,5-15H,4,16-20,22H2. The molecule has 0 aliphatic carbocycles. The molecule has 0 radical (unpaired) electrons. The summed E-state index contributed by atoms with van der Waals surface area (Å²) in [6, 6.07) is 26.3. The van der Waals surface area contributed by atoms with E-state index in [-0.39, 0.29) is 5.91 Å². The summed E-state index contributed by atoms with van der Waals surface area (Å²) in [5.74, 6) is 0.103. The number of benzene rings is 3. The number of anilines is 2. The van der Waals surface area contributed by atoms with Gasteiger partial charge in [-0.2, -0.15) is 5.26 Å². The number of carbonyl (C=O) groups excluding carboxylic acids is 1. The van der Waals surface area contributed by atoms with Crippen molar-refractivity contribution in [2.24, 2.45) is 0 Å². The first kappa shape index (κ1) is 21.9. The molecule has 1 fully saturated rings. The normalized spacial score (nSPS) is 16.0. The third kappa shape index (κ3) is 4.73. The van der Waals surface area contributed by atoms with E-state index in [1.54, 1.807) is 0 Å². The molecular weight excluding hydrogens is 420 g/mol. The Morgan fingerprint density at radius 1 is 0.882 bits per heavy atom. The summed E-state index contributed by atoms with van der Waals surface area (Å²) in [4.78, 5) is 19.9. The van der Waals surface area contributed by atoms with Crippen LogP contribution >= 0.6 is 0 Å². The van der Waals surface area contributed by atoms with Crippen LogP contribution in [0.5, 0.6) is 0 Å². The minimum atomic E-state index is 0.103. The van der Waals surface area contributed by atoms with Crippen LogP contribution in [-0.4, -0.2) is 48.4 Å². The first-order chi connectivity index (χ1) is 16.7. The van der Waals surface area contributed by atoms with Crippen LogP contribution in [0, 0.1) is 11.3 Å². The lowest BCUT2D eigenvalue weighted by Crippen LogP contribution is -2.35. The molecule has 1 saturated heterocycles. The molecule has 0 spiro atoms. The second-order valence-corrected chi connectivity index (χ2v) is 8.85. The molecule has 2 aliphatic rings. The van der Waals surface area contributed by atoms with E-state index in [2.05, 4.69) is 64.4 Å². The van der Waals surface area contributed by atoms with Gasteiger partial charge in [-0.3, -0.25) is 9.69 Å². The molecule has 0 aromatic heterocycles. The maximum atomic E-state index is 13.2. The molecule has 5 nitrogen and oxygen atoms in total. The fraction of sp³-hybridized carbons (Fsp3) is 0.241. The molecule has 170 valence electrons. The van der Waals surface area contributed by atoms with Crippen molar-refractivity contribution >= 4 is 23.4 Å². The van der Waals surface area contributed by atoms with Crippen molar-refractivity contribution in [2.75, 3.05) is 37.6 Å². The van der Waals surface area contributed by atoms with Crippen LogP contribution in [0.25, 0.3) is 6.08 Å². The van der Waals surface area contributed by atoms with Gasteiger partial charge in [0.15, 0.2) is 0 Å². The zero-order valence-electron chi connectivity index (χ0n) is 19.2. The van der Waals surface area contributed by atoms with Crippen molar-refractivity contribution in [1.82, 2.24) is 9.80 Å². The van der Waals surface area contributed by atoms with Crippen LogP contribution in [-0.2, 0) is 6.54 Å². The van der Waals surface area contributed by atoms with Crippen LogP contribution in [0.1, 0.15) is 33.5 Å². The molecule has 5 rings (SSSR count). The molecular formula is C29H28N4O. The van der Waals surface area contributed by atoms with Crippen molar-refractivity contribution in [1.29, 1.82) is 5.26 Å². The van der Waals surface area contributed by atoms with Crippen LogP contribution in [0.3, 0.4) is 0 Å². The minimum absolute atomic E-state index is 0.103. The van der Waals surface area contributed by atoms with E-state index in [0.29, 0.717) is 5.56 Å². The lowest BCUT2D eigenvalue weighted by atomic mass is 10.1. The molecule has 5 heteroatoms. The zero-order valence-corrected chi connectivity index (χ0v) is 19.2. The van der Waals surface area contributed by atoms with Crippen molar-refractivity contribution in [3.8, 4) is 6.07 Å². The molecule has 0 atom stereocenters. The quantitative estimate of drug-likeness (QED) is 0.559. The zero-order chi connectivity index (χ0) is 23.3. The minimum Gasteiger partial charge on any atom is -0.337 e. The van der Waals surface area contributed by atoms with Crippen LogP contribution in [0.15, 0.2) is 78.9 Å². The fourth-order valence-electron chi connectivity index (χ4n) is 4.74. The summed E-state index contributed by atoms with van der Waals surface area (Å²) in [6.45, 7) is 4.97. The number of fused-ring (bicyclic) bond motifs is 1. The average molecular weight is 449 g/mol. The van der Waals surface area contributed by atoms with Gasteiger partial charge >= 0.3 is 0 Å². The molecule has 0 N–H and O–H groups in total. The predicted molar refractivity (Wildman–Crippen MR) is 136 cm³/mol.